The van der Waals surface area contributed by atoms with Gasteiger partial charge in [-0.3, -0.25) is 9.36 Å². The molecule has 1 saturated heterocycles. The fourth-order valence-corrected chi connectivity index (χ4v) is 7.79. The summed E-state index contributed by atoms with van der Waals surface area (Å²) in [6, 6.07) is 12.2. The summed E-state index contributed by atoms with van der Waals surface area (Å²) in [6.45, 7) is 3.37. The second-order valence-electron chi connectivity index (χ2n) is 9.18. The highest BCUT2D eigenvalue weighted by Gasteiger charge is 2.32. The van der Waals surface area contributed by atoms with Crippen LogP contribution in [0.3, 0.4) is 0 Å². The highest BCUT2D eigenvalue weighted by atomic mass is 32.2. The molecule has 2 aromatic rings. The highest BCUT2D eigenvalue weighted by molar-refractivity contribution is 7.91. The lowest BCUT2D eigenvalue weighted by Gasteiger charge is -2.24. The summed E-state index contributed by atoms with van der Waals surface area (Å²) in [5.41, 5.74) is 2.66. The number of fused-ring (bicyclic) bond motifs is 1. The van der Waals surface area contributed by atoms with Crippen molar-refractivity contribution < 1.29 is 26.8 Å². The van der Waals surface area contributed by atoms with Gasteiger partial charge in [0.05, 0.1) is 30.0 Å². The van der Waals surface area contributed by atoms with E-state index >= 15 is 0 Å². The van der Waals surface area contributed by atoms with E-state index in [1.807, 2.05) is 0 Å². The summed E-state index contributed by atoms with van der Waals surface area (Å²) < 4.78 is 49.5. The normalized spacial score (nSPS) is 17.3. The van der Waals surface area contributed by atoms with Crippen LogP contribution < -0.4 is 4.90 Å². The van der Waals surface area contributed by atoms with Gasteiger partial charge in [-0.1, -0.05) is 50.8 Å². The summed E-state index contributed by atoms with van der Waals surface area (Å²) in [6.07, 6.45) is 6.23. The topological polar surface area (TPSA) is 90.0 Å². The van der Waals surface area contributed by atoms with Gasteiger partial charge in [0.15, 0.2) is 9.84 Å². The summed E-state index contributed by atoms with van der Waals surface area (Å²) in [5, 5.41) is 0. The van der Waals surface area contributed by atoms with Crippen LogP contribution in [0.1, 0.15) is 66.9 Å². The molecule has 0 N–H and O–H groups in total. The number of sulfone groups is 1. The van der Waals surface area contributed by atoms with Gasteiger partial charge in [-0.25, -0.2) is 8.42 Å². The molecule has 0 spiro atoms. The summed E-state index contributed by atoms with van der Waals surface area (Å²) in [5.74, 6) is -0.0510. The van der Waals surface area contributed by atoms with Crippen molar-refractivity contribution in [2.75, 3.05) is 30.4 Å². The Balaban J connectivity index is 1.49. The predicted molar refractivity (Wildman–Crippen MR) is 137 cm³/mol. The Morgan fingerprint density at radius 3 is 2.54 bits per heavy atom. The molecular weight excluding hydrogens is 485 g/mol. The lowest BCUT2D eigenvalue weighted by atomic mass is 10.1. The van der Waals surface area contributed by atoms with E-state index in [0.717, 1.165) is 36.9 Å². The molecule has 4 rings (SSSR count). The molecule has 1 amide bonds. The molecule has 0 bridgehead atoms. The molecule has 0 unspecified atom stereocenters. The first-order chi connectivity index (χ1) is 16.8. The molecule has 35 heavy (non-hydrogen) atoms. The number of carbonyl (C=O) groups is 1. The fourth-order valence-electron chi connectivity index (χ4n) is 4.61. The van der Waals surface area contributed by atoms with Crippen molar-refractivity contribution in [1.29, 1.82) is 0 Å². The first-order valence-corrected chi connectivity index (χ1v) is 15.8. The zero-order chi connectivity index (χ0) is 24.9. The van der Waals surface area contributed by atoms with E-state index in [1.54, 1.807) is 47.4 Å². The zero-order valence-corrected chi connectivity index (χ0v) is 22.0. The quantitative estimate of drug-likeness (QED) is 0.293. The molecule has 0 aromatic heterocycles. The Morgan fingerprint density at radius 2 is 1.77 bits per heavy atom. The van der Waals surface area contributed by atoms with Crippen molar-refractivity contribution in [3.8, 4) is 0 Å². The monoisotopic (exact) mass is 519 g/mol. The fraction of sp³-hybridized carbons (Fsp3) is 0.500. The van der Waals surface area contributed by atoms with E-state index < -0.39 is 17.4 Å². The molecule has 2 aliphatic heterocycles. The van der Waals surface area contributed by atoms with Crippen molar-refractivity contribution >= 4 is 29.0 Å². The number of hydrogen-bond acceptors (Lipinski definition) is 6. The molecule has 2 aliphatic rings. The molecule has 0 saturated carbocycles. The van der Waals surface area contributed by atoms with Gasteiger partial charge in [0, 0.05) is 17.8 Å². The molecule has 0 radical (unpaired) electrons. The minimum Gasteiger partial charge on any atom is -0.308 e. The molecule has 0 atom stereocenters. The van der Waals surface area contributed by atoms with Gasteiger partial charge in [-0.2, -0.15) is 0 Å². The second-order valence-corrected chi connectivity index (χ2v) is 13.3. The molecule has 190 valence electrons. The maximum absolute atomic E-state index is 13.5. The van der Waals surface area contributed by atoms with E-state index in [4.69, 9.17) is 9.05 Å². The molecule has 2 aromatic carbocycles. The number of benzene rings is 2. The van der Waals surface area contributed by atoms with Crippen LogP contribution in [0.15, 0.2) is 47.4 Å². The summed E-state index contributed by atoms with van der Waals surface area (Å²) >= 11 is 0. The number of nitrogens with zero attached hydrogens (tertiary/aromatic N) is 1. The van der Waals surface area contributed by atoms with Crippen LogP contribution in [-0.4, -0.2) is 39.8 Å². The van der Waals surface area contributed by atoms with Crippen LogP contribution >= 0.6 is 7.60 Å². The minimum atomic E-state index is -3.35. The van der Waals surface area contributed by atoms with Crippen molar-refractivity contribution in [3.05, 3.63) is 59.2 Å². The first-order valence-electron chi connectivity index (χ1n) is 12.5. The zero-order valence-electron chi connectivity index (χ0n) is 20.3. The summed E-state index contributed by atoms with van der Waals surface area (Å²) in [7, 11) is -6.63. The number of rotatable bonds is 10. The van der Waals surface area contributed by atoms with Crippen LogP contribution in [0.25, 0.3) is 0 Å². The van der Waals surface area contributed by atoms with Crippen molar-refractivity contribution in [1.82, 2.24) is 0 Å². The number of hydrogen-bond donors (Lipinski definition) is 0. The van der Waals surface area contributed by atoms with E-state index in [1.165, 1.54) is 0 Å². The van der Waals surface area contributed by atoms with Crippen LogP contribution in [0, 0.1) is 0 Å². The third-order valence-corrected chi connectivity index (χ3v) is 10.2. The molecule has 7 nitrogen and oxygen atoms in total. The van der Waals surface area contributed by atoms with Crippen LogP contribution in [0.2, 0.25) is 0 Å². The Labute approximate surface area is 208 Å². The SMILES string of the molecule is CCCCCCCS(=O)(=O)c1ccc2c(c1)CCN2C(=O)c1ccccc1CP1(=O)OCCCO1. The summed E-state index contributed by atoms with van der Waals surface area (Å²) in [4.78, 5) is 15.5. The Morgan fingerprint density at radius 1 is 1.03 bits per heavy atom. The van der Waals surface area contributed by atoms with Gasteiger partial charge in [0.25, 0.3) is 5.91 Å². The Bertz CT molecular complexity index is 1200. The van der Waals surface area contributed by atoms with Gasteiger partial charge in [0.1, 0.15) is 0 Å². The van der Waals surface area contributed by atoms with Crippen molar-refractivity contribution in [2.45, 2.75) is 62.9 Å². The second kappa shape index (κ2) is 11.4. The molecule has 1 fully saturated rings. The van der Waals surface area contributed by atoms with E-state index in [9.17, 15) is 17.8 Å². The number of unbranched alkanes of at least 4 members (excludes halogenated alkanes) is 4. The van der Waals surface area contributed by atoms with Gasteiger partial charge in [-0.05, 0) is 54.7 Å². The maximum Gasteiger partial charge on any atom is 0.335 e. The highest BCUT2D eigenvalue weighted by Crippen LogP contribution is 2.53. The van der Waals surface area contributed by atoms with Crippen LogP contribution in [0.5, 0.6) is 0 Å². The Kier molecular flexibility index (Phi) is 8.48. The standard InChI is InChI=1S/C26H34NO6PS/c1-2-3-4-5-8-18-35(30,31)23-12-13-25-21(19-23)14-15-27(25)26(28)24-11-7-6-10-22(24)20-34(29)32-16-9-17-33-34/h6-7,10-13,19H,2-5,8-9,14-18,20H2,1H3. The van der Waals surface area contributed by atoms with E-state index in [2.05, 4.69) is 6.92 Å². The Hall–Kier alpha value is -1.99. The lowest BCUT2D eigenvalue weighted by molar-refractivity contribution is 0.0988. The minimum absolute atomic E-state index is 0.0467. The third-order valence-electron chi connectivity index (χ3n) is 6.54. The van der Waals surface area contributed by atoms with Gasteiger partial charge >= 0.3 is 7.60 Å². The predicted octanol–water partition coefficient (Wildman–Crippen LogP) is 5.76. The van der Waals surface area contributed by atoms with Crippen LogP contribution in [0.4, 0.5) is 5.69 Å². The average Bonchev–Trinajstić information content (AvgIpc) is 3.27. The molecule has 2 heterocycles. The average molecular weight is 520 g/mol. The smallest absolute Gasteiger partial charge is 0.308 e. The van der Waals surface area contributed by atoms with Crippen molar-refractivity contribution in [3.63, 3.8) is 0 Å². The maximum atomic E-state index is 13.5. The van der Waals surface area contributed by atoms with Crippen LogP contribution in [-0.2, 0) is 36.0 Å². The largest absolute Gasteiger partial charge is 0.335 e. The third kappa shape index (κ3) is 6.23. The van der Waals surface area contributed by atoms with E-state index in [0.29, 0.717) is 55.0 Å². The molecular formula is C26H34NO6PS. The molecule has 9 heteroatoms. The molecule has 0 aliphatic carbocycles. The van der Waals surface area contributed by atoms with Gasteiger partial charge in [-0.15, -0.1) is 0 Å². The number of carbonyl (C=O) groups excluding carboxylic acids is 1. The lowest BCUT2D eigenvalue weighted by Crippen LogP contribution is -2.29. The first kappa shape index (κ1) is 26.1. The van der Waals surface area contributed by atoms with Gasteiger partial charge < -0.3 is 13.9 Å². The van der Waals surface area contributed by atoms with Gasteiger partial charge in [0.2, 0.25) is 0 Å². The van der Waals surface area contributed by atoms with Crippen molar-refractivity contribution in [2.24, 2.45) is 0 Å². The van der Waals surface area contributed by atoms with E-state index in [-0.39, 0.29) is 17.8 Å². The number of anilines is 1. The number of amides is 1.